The second-order valence-electron chi connectivity index (χ2n) is 5.00. The molecule has 1 aromatic rings. The lowest BCUT2D eigenvalue weighted by molar-refractivity contribution is -0.114. The van der Waals surface area contributed by atoms with Gasteiger partial charge in [0.1, 0.15) is 0 Å². The number of ketones is 1. The van der Waals surface area contributed by atoms with Gasteiger partial charge in [0.05, 0.1) is 13.2 Å². The molecule has 0 atom stereocenters. The van der Waals surface area contributed by atoms with Gasteiger partial charge in [-0.25, -0.2) is 0 Å². The molecule has 20 heavy (non-hydrogen) atoms. The van der Waals surface area contributed by atoms with Crippen LogP contribution in [0.25, 0.3) is 0 Å². The quantitative estimate of drug-likeness (QED) is 0.850. The summed E-state index contributed by atoms with van der Waals surface area (Å²) in [6.45, 7) is 6.92. The maximum absolute atomic E-state index is 11.5. The van der Waals surface area contributed by atoms with E-state index >= 15 is 0 Å². The minimum atomic E-state index is -0.108. The summed E-state index contributed by atoms with van der Waals surface area (Å²) in [4.78, 5) is 25.0. The predicted molar refractivity (Wildman–Crippen MR) is 76.8 cm³/mol. The fourth-order valence-electron chi connectivity index (χ4n) is 2.26. The number of morpholine rings is 1. The highest BCUT2D eigenvalue weighted by atomic mass is 16.5. The summed E-state index contributed by atoms with van der Waals surface area (Å²) in [6, 6.07) is 5.41. The van der Waals surface area contributed by atoms with Gasteiger partial charge in [0.2, 0.25) is 5.91 Å². The molecule has 1 aromatic carbocycles. The number of benzene rings is 1. The summed E-state index contributed by atoms with van der Waals surface area (Å²) in [5.41, 5.74) is 2.41. The van der Waals surface area contributed by atoms with Crippen LogP contribution in [0, 0.1) is 0 Å². The lowest BCUT2D eigenvalue weighted by Gasteiger charge is -2.27. The normalized spacial score (nSPS) is 15.9. The molecular weight excluding hydrogens is 256 g/mol. The number of nitrogens with one attached hydrogen (secondary N) is 1. The Morgan fingerprint density at radius 1 is 1.25 bits per heavy atom. The molecular formula is C15H20N2O3. The van der Waals surface area contributed by atoms with E-state index in [1.807, 2.05) is 6.07 Å². The van der Waals surface area contributed by atoms with E-state index in [0.717, 1.165) is 37.6 Å². The van der Waals surface area contributed by atoms with Crippen molar-refractivity contribution in [1.82, 2.24) is 4.90 Å². The average molecular weight is 276 g/mol. The zero-order valence-corrected chi connectivity index (χ0v) is 11.9. The number of ether oxygens (including phenoxy) is 1. The van der Waals surface area contributed by atoms with E-state index in [1.54, 1.807) is 19.1 Å². The summed E-state index contributed by atoms with van der Waals surface area (Å²) in [7, 11) is 0. The van der Waals surface area contributed by atoms with Gasteiger partial charge in [0, 0.05) is 37.8 Å². The van der Waals surface area contributed by atoms with Gasteiger partial charge in [0.15, 0.2) is 5.78 Å². The van der Waals surface area contributed by atoms with Gasteiger partial charge < -0.3 is 10.1 Å². The summed E-state index contributed by atoms with van der Waals surface area (Å²) < 4.78 is 5.33. The van der Waals surface area contributed by atoms with Crippen LogP contribution in [0.1, 0.15) is 29.8 Å². The first-order valence-electron chi connectivity index (χ1n) is 6.78. The van der Waals surface area contributed by atoms with E-state index in [1.165, 1.54) is 6.92 Å². The fourth-order valence-corrected chi connectivity index (χ4v) is 2.26. The Bertz CT molecular complexity index is 508. The van der Waals surface area contributed by atoms with Gasteiger partial charge in [-0.05, 0) is 30.7 Å². The topological polar surface area (TPSA) is 58.6 Å². The third-order valence-corrected chi connectivity index (χ3v) is 3.32. The second-order valence-corrected chi connectivity index (χ2v) is 5.00. The van der Waals surface area contributed by atoms with Crippen LogP contribution in [-0.4, -0.2) is 42.9 Å². The number of carbonyl (C=O) groups is 2. The van der Waals surface area contributed by atoms with Crippen LogP contribution in [0.2, 0.25) is 0 Å². The lowest BCUT2D eigenvalue weighted by Crippen LogP contribution is -2.35. The first-order chi connectivity index (χ1) is 9.56. The van der Waals surface area contributed by atoms with E-state index in [-0.39, 0.29) is 11.7 Å². The zero-order chi connectivity index (χ0) is 14.5. The van der Waals surface area contributed by atoms with Crippen molar-refractivity contribution in [3.8, 4) is 0 Å². The number of carbonyl (C=O) groups excluding carboxylic acids is 2. The van der Waals surface area contributed by atoms with Crippen molar-refractivity contribution in [1.29, 1.82) is 0 Å². The first-order valence-corrected chi connectivity index (χ1v) is 6.78. The van der Waals surface area contributed by atoms with Crippen LogP contribution in [0.5, 0.6) is 0 Å². The highest BCUT2D eigenvalue weighted by Gasteiger charge is 2.14. The molecule has 0 aromatic heterocycles. The van der Waals surface area contributed by atoms with Gasteiger partial charge in [0.25, 0.3) is 0 Å². The van der Waals surface area contributed by atoms with Gasteiger partial charge >= 0.3 is 0 Å². The van der Waals surface area contributed by atoms with Crippen molar-refractivity contribution in [2.24, 2.45) is 0 Å². The maximum Gasteiger partial charge on any atom is 0.221 e. The van der Waals surface area contributed by atoms with E-state index < -0.39 is 0 Å². The number of hydrogen-bond donors (Lipinski definition) is 1. The molecule has 108 valence electrons. The number of rotatable bonds is 4. The van der Waals surface area contributed by atoms with Crippen LogP contribution >= 0.6 is 0 Å². The zero-order valence-electron chi connectivity index (χ0n) is 11.9. The summed E-state index contributed by atoms with van der Waals surface area (Å²) in [5.74, 6) is -0.0774. The molecule has 5 heteroatoms. The van der Waals surface area contributed by atoms with Crippen LogP contribution in [0.4, 0.5) is 5.69 Å². The molecule has 1 aliphatic rings. The molecule has 5 nitrogen and oxygen atoms in total. The van der Waals surface area contributed by atoms with Crippen LogP contribution < -0.4 is 5.32 Å². The Kier molecular flexibility index (Phi) is 4.87. The van der Waals surface area contributed by atoms with E-state index in [9.17, 15) is 9.59 Å². The minimum absolute atomic E-state index is 0.0302. The van der Waals surface area contributed by atoms with Crippen LogP contribution in [0.3, 0.4) is 0 Å². The Balaban J connectivity index is 2.22. The molecule has 1 amide bonds. The molecule has 2 rings (SSSR count). The van der Waals surface area contributed by atoms with E-state index in [4.69, 9.17) is 4.74 Å². The van der Waals surface area contributed by atoms with Gasteiger partial charge in [-0.2, -0.15) is 0 Å². The second kappa shape index (κ2) is 6.63. The van der Waals surface area contributed by atoms with E-state index in [0.29, 0.717) is 12.1 Å². The number of nitrogens with zero attached hydrogens (tertiary/aromatic N) is 1. The SMILES string of the molecule is CC(=O)Nc1ccc(C(C)=O)cc1CN1CCOCC1. The Labute approximate surface area is 118 Å². The van der Waals surface area contributed by atoms with Crippen molar-refractivity contribution in [3.05, 3.63) is 29.3 Å². The van der Waals surface area contributed by atoms with Crippen LogP contribution in [0.15, 0.2) is 18.2 Å². The molecule has 1 aliphatic heterocycles. The maximum atomic E-state index is 11.5. The lowest BCUT2D eigenvalue weighted by atomic mass is 10.0. The first kappa shape index (κ1) is 14.7. The summed E-state index contributed by atoms with van der Waals surface area (Å²) in [5, 5.41) is 2.82. The Morgan fingerprint density at radius 3 is 2.55 bits per heavy atom. The molecule has 0 saturated carbocycles. The molecule has 1 fully saturated rings. The minimum Gasteiger partial charge on any atom is -0.379 e. The third kappa shape index (κ3) is 3.88. The molecule has 1 saturated heterocycles. The standard InChI is InChI=1S/C15H20N2O3/c1-11(18)13-3-4-15(16-12(2)19)14(9-13)10-17-5-7-20-8-6-17/h3-4,9H,5-8,10H2,1-2H3,(H,16,19). The van der Waals surface area contributed by atoms with Crippen molar-refractivity contribution in [3.63, 3.8) is 0 Å². The van der Waals surface area contributed by atoms with Gasteiger partial charge in [-0.15, -0.1) is 0 Å². The van der Waals surface area contributed by atoms with E-state index in [2.05, 4.69) is 10.2 Å². The third-order valence-electron chi connectivity index (χ3n) is 3.32. The van der Waals surface area contributed by atoms with Crippen molar-refractivity contribution in [2.45, 2.75) is 20.4 Å². The molecule has 0 radical (unpaired) electrons. The van der Waals surface area contributed by atoms with Crippen molar-refractivity contribution >= 4 is 17.4 Å². The number of hydrogen-bond acceptors (Lipinski definition) is 4. The number of Topliss-reactive ketones (excluding diaryl/α,β-unsaturated/α-hetero) is 1. The Hall–Kier alpha value is -1.72. The van der Waals surface area contributed by atoms with Gasteiger partial charge in [-0.3, -0.25) is 14.5 Å². The smallest absolute Gasteiger partial charge is 0.221 e. The van der Waals surface area contributed by atoms with Crippen molar-refractivity contribution in [2.75, 3.05) is 31.6 Å². The highest BCUT2D eigenvalue weighted by Crippen LogP contribution is 2.20. The molecule has 0 bridgehead atoms. The molecule has 0 aliphatic carbocycles. The predicted octanol–water partition coefficient (Wildman–Crippen LogP) is 1.68. The summed E-state index contributed by atoms with van der Waals surface area (Å²) in [6.07, 6.45) is 0. The summed E-state index contributed by atoms with van der Waals surface area (Å²) >= 11 is 0. The largest absolute Gasteiger partial charge is 0.379 e. The monoisotopic (exact) mass is 276 g/mol. The highest BCUT2D eigenvalue weighted by molar-refractivity contribution is 5.96. The fraction of sp³-hybridized carbons (Fsp3) is 0.467. The molecule has 0 unspecified atom stereocenters. The van der Waals surface area contributed by atoms with Crippen molar-refractivity contribution < 1.29 is 14.3 Å². The van der Waals surface area contributed by atoms with Crippen LogP contribution in [-0.2, 0) is 16.1 Å². The average Bonchev–Trinajstić information content (AvgIpc) is 2.41. The Morgan fingerprint density at radius 2 is 1.95 bits per heavy atom. The number of anilines is 1. The number of amides is 1. The molecule has 1 N–H and O–H groups in total. The molecule has 0 spiro atoms. The van der Waals surface area contributed by atoms with Gasteiger partial charge in [-0.1, -0.05) is 0 Å². The molecule has 1 heterocycles.